The Hall–Kier alpha value is -1.62. The zero-order valence-corrected chi connectivity index (χ0v) is 12.2. The van der Waals surface area contributed by atoms with Gasteiger partial charge in [0, 0.05) is 38.9 Å². The van der Waals surface area contributed by atoms with E-state index in [2.05, 4.69) is 10.0 Å². The van der Waals surface area contributed by atoms with Crippen molar-refractivity contribution in [3.05, 3.63) is 34.1 Å². The lowest BCUT2D eigenvalue weighted by Crippen LogP contribution is -2.33. The van der Waals surface area contributed by atoms with Gasteiger partial charge in [0.05, 0.1) is 16.4 Å². The van der Waals surface area contributed by atoms with Gasteiger partial charge in [-0.05, 0) is 6.07 Å². The van der Waals surface area contributed by atoms with Crippen LogP contribution in [0.4, 0.5) is 10.1 Å². The molecule has 8 nitrogen and oxygen atoms in total. The number of nitrogens with one attached hydrogen (secondary N) is 2. The average molecular weight is 321 g/mol. The number of halogens is 1. The number of nitro benzene ring substituents is 1. The van der Waals surface area contributed by atoms with Crippen molar-refractivity contribution in [1.29, 1.82) is 0 Å². The number of nitrogens with zero attached hydrogens (tertiary/aromatic N) is 1. The fraction of sp³-hybridized carbons (Fsp3) is 0.455. The second-order valence-corrected chi connectivity index (χ2v) is 5.78. The number of benzene rings is 1. The standard InChI is InChI=1S/C11H16FN3O5S/c1-20-7-6-13-4-5-14-21(18,19)9-2-3-11(15(16)17)10(12)8-9/h2-3,8,13-14H,4-7H2,1H3. The van der Waals surface area contributed by atoms with Crippen LogP contribution in [0.25, 0.3) is 0 Å². The minimum atomic E-state index is -3.90. The molecule has 0 amide bonds. The van der Waals surface area contributed by atoms with E-state index >= 15 is 0 Å². The van der Waals surface area contributed by atoms with E-state index in [0.717, 1.165) is 12.1 Å². The van der Waals surface area contributed by atoms with Gasteiger partial charge in [-0.2, -0.15) is 4.39 Å². The lowest BCUT2D eigenvalue weighted by Gasteiger charge is -2.08. The van der Waals surface area contributed by atoms with E-state index in [-0.39, 0.29) is 11.4 Å². The summed E-state index contributed by atoms with van der Waals surface area (Å²) >= 11 is 0. The van der Waals surface area contributed by atoms with Crippen LogP contribution in [-0.4, -0.2) is 46.7 Å². The number of hydrogen-bond donors (Lipinski definition) is 2. The summed E-state index contributed by atoms with van der Waals surface area (Å²) in [5, 5.41) is 13.4. The largest absolute Gasteiger partial charge is 0.383 e. The molecule has 0 aliphatic heterocycles. The maximum absolute atomic E-state index is 13.4. The van der Waals surface area contributed by atoms with Crippen LogP contribution >= 0.6 is 0 Å². The van der Waals surface area contributed by atoms with Crippen LogP contribution in [0.1, 0.15) is 0 Å². The lowest BCUT2D eigenvalue weighted by atomic mass is 10.3. The van der Waals surface area contributed by atoms with Crippen LogP contribution in [0.15, 0.2) is 23.1 Å². The van der Waals surface area contributed by atoms with Gasteiger partial charge in [-0.3, -0.25) is 10.1 Å². The monoisotopic (exact) mass is 321 g/mol. The molecule has 0 unspecified atom stereocenters. The van der Waals surface area contributed by atoms with Crippen LogP contribution in [0.3, 0.4) is 0 Å². The molecule has 2 N–H and O–H groups in total. The van der Waals surface area contributed by atoms with Gasteiger partial charge < -0.3 is 10.1 Å². The summed E-state index contributed by atoms with van der Waals surface area (Å²) in [6.07, 6.45) is 0. The highest BCUT2D eigenvalue weighted by molar-refractivity contribution is 7.89. The fourth-order valence-corrected chi connectivity index (χ4v) is 2.50. The van der Waals surface area contributed by atoms with E-state index in [4.69, 9.17) is 4.74 Å². The van der Waals surface area contributed by atoms with Crippen LogP contribution in [0.5, 0.6) is 0 Å². The Labute approximate surface area is 121 Å². The van der Waals surface area contributed by atoms with Crippen molar-refractivity contribution in [1.82, 2.24) is 10.0 Å². The van der Waals surface area contributed by atoms with E-state index < -0.39 is 26.5 Å². The van der Waals surface area contributed by atoms with Gasteiger partial charge in [0.25, 0.3) is 0 Å². The number of hydrogen-bond acceptors (Lipinski definition) is 6. The molecule has 0 bridgehead atoms. The Morgan fingerprint density at radius 3 is 2.62 bits per heavy atom. The molecule has 0 atom stereocenters. The maximum atomic E-state index is 13.4. The van der Waals surface area contributed by atoms with Gasteiger partial charge in [0.15, 0.2) is 0 Å². The molecule has 21 heavy (non-hydrogen) atoms. The molecule has 1 aromatic carbocycles. The number of rotatable bonds is 9. The summed E-state index contributed by atoms with van der Waals surface area (Å²) < 4.78 is 44.2. The number of sulfonamides is 1. The zero-order chi connectivity index (χ0) is 15.9. The van der Waals surface area contributed by atoms with Crippen molar-refractivity contribution in [3.63, 3.8) is 0 Å². The SMILES string of the molecule is COCCNCCNS(=O)(=O)c1ccc([N+](=O)[O-])c(F)c1. The highest BCUT2D eigenvalue weighted by atomic mass is 32.2. The van der Waals surface area contributed by atoms with Crippen molar-refractivity contribution >= 4 is 15.7 Å². The van der Waals surface area contributed by atoms with Gasteiger partial charge in [-0.15, -0.1) is 0 Å². The molecule has 0 radical (unpaired) electrons. The van der Waals surface area contributed by atoms with E-state index in [1.54, 1.807) is 7.11 Å². The highest BCUT2D eigenvalue weighted by Gasteiger charge is 2.20. The van der Waals surface area contributed by atoms with E-state index in [0.29, 0.717) is 25.8 Å². The molecule has 0 saturated carbocycles. The van der Waals surface area contributed by atoms with Crippen molar-refractivity contribution < 1.29 is 22.5 Å². The number of methoxy groups -OCH3 is 1. The molecule has 0 saturated heterocycles. The molecule has 10 heteroatoms. The summed E-state index contributed by atoms with van der Waals surface area (Å²) in [4.78, 5) is 9.19. The molecule has 0 fully saturated rings. The normalized spacial score (nSPS) is 11.5. The minimum Gasteiger partial charge on any atom is -0.383 e. The Bertz CT molecular complexity index is 594. The summed E-state index contributed by atoms with van der Waals surface area (Å²) in [6.45, 7) is 1.55. The Morgan fingerprint density at radius 2 is 2.05 bits per heavy atom. The van der Waals surface area contributed by atoms with Gasteiger partial charge >= 0.3 is 5.69 Å². The van der Waals surface area contributed by atoms with Crippen molar-refractivity contribution in [2.24, 2.45) is 0 Å². The first-order valence-corrected chi connectivity index (χ1v) is 7.50. The first-order valence-electron chi connectivity index (χ1n) is 6.01. The highest BCUT2D eigenvalue weighted by Crippen LogP contribution is 2.20. The third kappa shape index (κ3) is 5.34. The molecule has 0 aliphatic carbocycles. The van der Waals surface area contributed by atoms with Crippen molar-refractivity contribution in [2.45, 2.75) is 4.90 Å². The van der Waals surface area contributed by atoms with E-state index in [1.165, 1.54) is 0 Å². The molecule has 118 valence electrons. The summed E-state index contributed by atoms with van der Waals surface area (Å²) in [6, 6.07) is 2.43. The van der Waals surface area contributed by atoms with Crippen LogP contribution < -0.4 is 10.0 Å². The number of ether oxygens (including phenoxy) is 1. The van der Waals surface area contributed by atoms with Gasteiger partial charge in [0.2, 0.25) is 15.8 Å². The summed E-state index contributed by atoms with van der Waals surface area (Å²) in [5.74, 6) is -1.19. The molecule has 0 aromatic heterocycles. The smallest absolute Gasteiger partial charge is 0.304 e. The van der Waals surface area contributed by atoms with Gasteiger partial charge in [-0.25, -0.2) is 13.1 Å². The molecular formula is C11H16FN3O5S. The lowest BCUT2D eigenvalue weighted by molar-refractivity contribution is -0.387. The molecular weight excluding hydrogens is 305 g/mol. The fourth-order valence-electron chi connectivity index (χ4n) is 1.46. The predicted octanol–water partition coefficient (Wildman–Crippen LogP) is 0.248. The van der Waals surface area contributed by atoms with E-state index in [9.17, 15) is 22.9 Å². The second kappa shape index (κ2) is 7.98. The van der Waals surface area contributed by atoms with Crippen molar-refractivity contribution in [2.75, 3.05) is 33.4 Å². The molecule has 0 heterocycles. The first-order chi connectivity index (χ1) is 9.88. The van der Waals surface area contributed by atoms with Crippen LogP contribution in [-0.2, 0) is 14.8 Å². The third-order valence-electron chi connectivity index (χ3n) is 2.50. The zero-order valence-electron chi connectivity index (χ0n) is 11.3. The van der Waals surface area contributed by atoms with Gasteiger partial charge in [0.1, 0.15) is 0 Å². The third-order valence-corrected chi connectivity index (χ3v) is 3.96. The first kappa shape index (κ1) is 17.4. The summed E-state index contributed by atoms with van der Waals surface area (Å²) in [5.41, 5.74) is -0.768. The summed E-state index contributed by atoms with van der Waals surface area (Å²) in [7, 11) is -2.35. The maximum Gasteiger partial charge on any atom is 0.304 e. The van der Waals surface area contributed by atoms with Crippen LogP contribution in [0.2, 0.25) is 0 Å². The Morgan fingerprint density at radius 1 is 1.33 bits per heavy atom. The van der Waals surface area contributed by atoms with Crippen molar-refractivity contribution in [3.8, 4) is 0 Å². The predicted molar refractivity (Wildman–Crippen MR) is 73.0 cm³/mol. The van der Waals surface area contributed by atoms with Gasteiger partial charge in [-0.1, -0.05) is 0 Å². The average Bonchev–Trinajstić information content (AvgIpc) is 2.42. The molecule has 0 spiro atoms. The Kier molecular flexibility index (Phi) is 6.62. The van der Waals surface area contributed by atoms with E-state index in [1.807, 2.05) is 0 Å². The second-order valence-electron chi connectivity index (χ2n) is 4.01. The molecule has 1 aromatic rings. The number of nitro groups is 1. The topological polar surface area (TPSA) is 111 Å². The molecule has 1 rings (SSSR count). The molecule has 0 aliphatic rings. The quantitative estimate of drug-likeness (QED) is 0.383. The van der Waals surface area contributed by atoms with Crippen LogP contribution in [0, 0.1) is 15.9 Å². The Balaban J connectivity index is 2.62. The minimum absolute atomic E-state index is 0.102.